The first-order valence-corrected chi connectivity index (χ1v) is 12.8. The Hall–Kier alpha value is -2.66. The van der Waals surface area contributed by atoms with E-state index in [4.69, 9.17) is 0 Å². The fourth-order valence-electron chi connectivity index (χ4n) is 5.73. The lowest BCUT2D eigenvalue weighted by Gasteiger charge is -2.39. The first-order chi connectivity index (χ1) is 16.3. The van der Waals surface area contributed by atoms with Crippen LogP contribution >= 0.6 is 0 Å². The fourth-order valence-corrected chi connectivity index (χ4v) is 5.73. The van der Waals surface area contributed by atoms with Crippen LogP contribution < -0.4 is 10.9 Å². The van der Waals surface area contributed by atoms with Crippen molar-refractivity contribution in [2.75, 3.05) is 18.4 Å². The van der Waals surface area contributed by atoms with Crippen molar-refractivity contribution in [1.29, 1.82) is 0 Å². The molecule has 0 bridgehead atoms. The molecule has 0 radical (unpaired) electrons. The number of anilines is 1. The van der Waals surface area contributed by atoms with Gasteiger partial charge in [-0.25, -0.2) is 4.98 Å². The van der Waals surface area contributed by atoms with Gasteiger partial charge in [-0.3, -0.25) is 4.79 Å². The quantitative estimate of drug-likeness (QED) is 0.544. The minimum atomic E-state index is 0.0249. The van der Waals surface area contributed by atoms with E-state index in [0.717, 1.165) is 55.2 Å². The van der Waals surface area contributed by atoms with Gasteiger partial charge in [0.1, 0.15) is 0 Å². The van der Waals surface area contributed by atoms with E-state index in [9.17, 15) is 4.79 Å². The molecular formula is C28H36N4O. The number of benzene rings is 2. The van der Waals surface area contributed by atoms with Crippen molar-refractivity contribution in [2.24, 2.45) is 0 Å². The number of nitrogens with zero attached hydrogens (tertiary/aromatic N) is 3. The number of fused-ring (bicyclic) bond motifs is 1. The van der Waals surface area contributed by atoms with Crippen molar-refractivity contribution < 1.29 is 0 Å². The summed E-state index contributed by atoms with van der Waals surface area (Å²) in [4.78, 5) is 20.1. The van der Waals surface area contributed by atoms with Crippen molar-refractivity contribution in [3.8, 4) is 0 Å². The molecule has 3 aromatic rings. The summed E-state index contributed by atoms with van der Waals surface area (Å²) in [6.07, 6.45) is 13.2. The van der Waals surface area contributed by atoms with Gasteiger partial charge in [0, 0.05) is 37.4 Å². The lowest BCUT2D eigenvalue weighted by molar-refractivity contribution is 0.116. The maximum absolute atomic E-state index is 12.9. The van der Waals surface area contributed by atoms with Gasteiger partial charge >= 0.3 is 0 Å². The minimum absolute atomic E-state index is 0.0249. The van der Waals surface area contributed by atoms with Gasteiger partial charge in [0.15, 0.2) is 0 Å². The molecule has 0 spiro atoms. The summed E-state index contributed by atoms with van der Waals surface area (Å²) in [7, 11) is 0. The molecule has 0 amide bonds. The van der Waals surface area contributed by atoms with Crippen LogP contribution in [-0.4, -0.2) is 33.6 Å². The Kier molecular flexibility index (Phi) is 7.06. The highest BCUT2D eigenvalue weighted by Crippen LogP contribution is 2.29. The highest BCUT2D eigenvalue weighted by atomic mass is 16.1. The molecule has 2 heterocycles. The maximum Gasteiger partial charge on any atom is 0.269 e. The van der Waals surface area contributed by atoms with E-state index in [1.807, 2.05) is 10.6 Å². The number of rotatable bonds is 5. The molecule has 33 heavy (non-hydrogen) atoms. The molecule has 1 aliphatic heterocycles. The summed E-state index contributed by atoms with van der Waals surface area (Å²) in [6.45, 7) is 2.97. The van der Waals surface area contributed by atoms with E-state index in [2.05, 4.69) is 57.7 Å². The van der Waals surface area contributed by atoms with Crippen LogP contribution in [0.3, 0.4) is 0 Å². The molecule has 0 atom stereocenters. The lowest BCUT2D eigenvalue weighted by atomic mass is 9.93. The molecule has 5 rings (SSSR count). The van der Waals surface area contributed by atoms with Gasteiger partial charge in [-0.1, -0.05) is 62.4 Å². The fraction of sp³-hybridized carbons (Fsp3) is 0.500. The second kappa shape index (κ2) is 10.5. The zero-order valence-corrected chi connectivity index (χ0v) is 19.6. The molecule has 2 fully saturated rings. The van der Waals surface area contributed by atoms with Crippen LogP contribution in [0.5, 0.6) is 0 Å². The zero-order chi connectivity index (χ0) is 22.5. The number of nitrogens with one attached hydrogen (secondary N) is 1. The van der Waals surface area contributed by atoms with Crippen LogP contribution in [0.15, 0.2) is 59.5 Å². The van der Waals surface area contributed by atoms with Crippen LogP contribution in [0, 0.1) is 0 Å². The highest BCUT2D eigenvalue weighted by Gasteiger charge is 2.27. The SMILES string of the molecule is O=c1cnc2cc(NCc3ccccc3)ccc2n1C1CCN(C2CCCCCCC2)CC1. The predicted molar refractivity (Wildman–Crippen MR) is 136 cm³/mol. The van der Waals surface area contributed by atoms with Gasteiger partial charge in [0.05, 0.1) is 17.2 Å². The van der Waals surface area contributed by atoms with Crippen molar-refractivity contribution in [1.82, 2.24) is 14.5 Å². The van der Waals surface area contributed by atoms with E-state index in [0.29, 0.717) is 0 Å². The topological polar surface area (TPSA) is 50.2 Å². The first-order valence-electron chi connectivity index (χ1n) is 12.8. The molecule has 1 N–H and O–H groups in total. The van der Waals surface area contributed by atoms with Crippen molar-refractivity contribution >= 4 is 16.7 Å². The Balaban J connectivity index is 1.29. The smallest absolute Gasteiger partial charge is 0.269 e. The van der Waals surface area contributed by atoms with E-state index in [1.165, 1.54) is 56.7 Å². The van der Waals surface area contributed by atoms with E-state index in [1.54, 1.807) is 0 Å². The summed E-state index contributed by atoms with van der Waals surface area (Å²) in [5.41, 5.74) is 4.14. The second-order valence-electron chi connectivity index (χ2n) is 9.78. The summed E-state index contributed by atoms with van der Waals surface area (Å²) >= 11 is 0. The average Bonchev–Trinajstić information content (AvgIpc) is 2.83. The van der Waals surface area contributed by atoms with Crippen LogP contribution in [0.25, 0.3) is 11.0 Å². The molecule has 2 aromatic carbocycles. The lowest BCUT2D eigenvalue weighted by Crippen LogP contribution is -2.43. The van der Waals surface area contributed by atoms with Gasteiger partial charge < -0.3 is 14.8 Å². The van der Waals surface area contributed by atoms with Crippen molar-refractivity contribution in [3.05, 3.63) is 70.6 Å². The molecule has 174 valence electrons. The summed E-state index contributed by atoms with van der Waals surface area (Å²) in [5, 5.41) is 3.48. The number of hydrogen-bond acceptors (Lipinski definition) is 4. The molecular weight excluding hydrogens is 408 g/mol. The molecule has 0 unspecified atom stereocenters. The third-order valence-electron chi connectivity index (χ3n) is 7.58. The minimum Gasteiger partial charge on any atom is -0.381 e. The third-order valence-corrected chi connectivity index (χ3v) is 7.58. The Labute approximate surface area is 196 Å². The predicted octanol–water partition coefficient (Wildman–Crippen LogP) is 5.76. The Morgan fingerprint density at radius 3 is 2.33 bits per heavy atom. The van der Waals surface area contributed by atoms with E-state index in [-0.39, 0.29) is 11.6 Å². The van der Waals surface area contributed by atoms with Crippen molar-refractivity contribution in [3.63, 3.8) is 0 Å². The highest BCUT2D eigenvalue weighted by molar-refractivity contribution is 5.79. The van der Waals surface area contributed by atoms with Gasteiger partial charge in [-0.05, 0) is 49.4 Å². The molecule has 1 saturated heterocycles. The summed E-state index contributed by atoms with van der Waals surface area (Å²) in [5.74, 6) is 0. The van der Waals surface area contributed by atoms with Crippen molar-refractivity contribution in [2.45, 2.75) is 76.4 Å². The second-order valence-corrected chi connectivity index (χ2v) is 9.78. The number of piperidine rings is 1. The number of likely N-dealkylation sites (tertiary alicyclic amines) is 1. The number of hydrogen-bond donors (Lipinski definition) is 1. The molecule has 1 aliphatic carbocycles. The molecule has 2 aliphatic rings. The van der Waals surface area contributed by atoms with Crippen LogP contribution in [-0.2, 0) is 6.54 Å². The monoisotopic (exact) mass is 444 g/mol. The molecule has 1 saturated carbocycles. The van der Waals surface area contributed by atoms with Gasteiger partial charge in [0.25, 0.3) is 5.56 Å². The average molecular weight is 445 g/mol. The normalized spacial score (nSPS) is 19.3. The maximum atomic E-state index is 12.9. The Morgan fingerprint density at radius 1 is 0.848 bits per heavy atom. The van der Waals surface area contributed by atoms with Gasteiger partial charge in [0.2, 0.25) is 0 Å². The van der Waals surface area contributed by atoms with Crippen LogP contribution in [0.1, 0.15) is 69.4 Å². The standard InChI is InChI=1S/C28H36N4O/c33-28-21-30-26-19-23(29-20-22-9-5-4-6-10-22)13-14-27(26)32(28)25-15-17-31(18-16-25)24-11-7-2-1-3-8-12-24/h4-6,9-10,13-14,19,21,24-25,29H,1-3,7-8,11-12,15-18,20H2. The molecule has 5 nitrogen and oxygen atoms in total. The van der Waals surface area contributed by atoms with E-state index < -0.39 is 0 Å². The van der Waals surface area contributed by atoms with Crippen LogP contribution in [0.4, 0.5) is 5.69 Å². The Bertz CT molecular complexity index is 1090. The van der Waals surface area contributed by atoms with Gasteiger partial charge in [-0.15, -0.1) is 0 Å². The van der Waals surface area contributed by atoms with E-state index >= 15 is 0 Å². The Morgan fingerprint density at radius 2 is 1.58 bits per heavy atom. The van der Waals surface area contributed by atoms with Gasteiger partial charge in [-0.2, -0.15) is 0 Å². The third kappa shape index (κ3) is 5.30. The first kappa shape index (κ1) is 22.1. The zero-order valence-electron chi connectivity index (χ0n) is 19.6. The largest absolute Gasteiger partial charge is 0.381 e. The molecule has 5 heteroatoms. The summed E-state index contributed by atoms with van der Waals surface area (Å²) < 4.78 is 2.01. The summed E-state index contributed by atoms with van der Waals surface area (Å²) in [6, 6.07) is 17.6. The molecule has 1 aromatic heterocycles. The van der Waals surface area contributed by atoms with Crippen LogP contribution in [0.2, 0.25) is 0 Å². The number of aromatic nitrogens is 2.